The fourth-order valence-corrected chi connectivity index (χ4v) is 4.07. The minimum absolute atomic E-state index is 0. The normalized spacial score (nSPS) is 19.9. The van der Waals surface area contributed by atoms with Crippen LogP contribution in [0.4, 0.5) is 0 Å². The first-order valence-corrected chi connectivity index (χ1v) is 8.89. The molecule has 1 unspecified atom stereocenters. The van der Waals surface area contributed by atoms with Crippen LogP contribution in [0.5, 0.6) is 0 Å². The zero-order chi connectivity index (χ0) is 12.8. The lowest BCUT2D eigenvalue weighted by atomic mass is 10.0. The third kappa shape index (κ3) is 6.23. The van der Waals surface area contributed by atoms with Crippen LogP contribution in [0.1, 0.15) is 17.7 Å². The molecule has 0 radical (unpaired) electrons. The van der Waals surface area contributed by atoms with Crippen molar-refractivity contribution >= 4 is 33.8 Å². The van der Waals surface area contributed by atoms with Crippen LogP contribution in [0.25, 0.3) is 0 Å². The lowest BCUT2D eigenvalue weighted by Gasteiger charge is -2.22. The second kappa shape index (κ2) is 8.21. The van der Waals surface area contributed by atoms with Gasteiger partial charge in [0.2, 0.25) is 10.0 Å². The smallest absolute Gasteiger partial charge is 0.211 e. The summed E-state index contributed by atoms with van der Waals surface area (Å²) in [5.41, 5.74) is 0. The molecule has 1 atom stereocenters. The fraction of sp³-hybridized carbons (Fsp3) is 0.667. The van der Waals surface area contributed by atoms with Crippen molar-refractivity contribution in [3.8, 4) is 0 Å². The van der Waals surface area contributed by atoms with E-state index in [9.17, 15) is 8.42 Å². The van der Waals surface area contributed by atoms with E-state index >= 15 is 0 Å². The number of aryl methyl sites for hydroxylation is 1. The first-order chi connectivity index (χ1) is 8.66. The Kier molecular flexibility index (Phi) is 7.31. The molecule has 2 rings (SSSR count). The van der Waals surface area contributed by atoms with Crippen molar-refractivity contribution in [3.63, 3.8) is 0 Å². The second-order valence-electron chi connectivity index (χ2n) is 4.71. The molecule has 2 N–H and O–H groups in total. The summed E-state index contributed by atoms with van der Waals surface area (Å²) < 4.78 is 26.4. The number of hydrogen-bond acceptors (Lipinski definition) is 4. The van der Waals surface area contributed by atoms with Gasteiger partial charge < -0.3 is 5.32 Å². The van der Waals surface area contributed by atoms with Crippen LogP contribution in [0.15, 0.2) is 17.5 Å². The molecule has 1 aromatic heterocycles. The van der Waals surface area contributed by atoms with E-state index in [0.29, 0.717) is 18.9 Å². The van der Waals surface area contributed by atoms with Gasteiger partial charge in [0.15, 0.2) is 0 Å². The Morgan fingerprint density at radius 1 is 1.47 bits per heavy atom. The van der Waals surface area contributed by atoms with Crippen molar-refractivity contribution in [3.05, 3.63) is 22.4 Å². The highest BCUT2D eigenvalue weighted by molar-refractivity contribution is 7.89. The Hall–Kier alpha value is -0.140. The predicted octanol–water partition coefficient (Wildman–Crippen LogP) is 1.63. The second-order valence-corrected chi connectivity index (χ2v) is 7.67. The van der Waals surface area contributed by atoms with Crippen molar-refractivity contribution in [1.29, 1.82) is 0 Å². The topological polar surface area (TPSA) is 58.2 Å². The highest BCUT2D eigenvalue weighted by Crippen LogP contribution is 2.11. The number of piperidine rings is 1. The van der Waals surface area contributed by atoms with Gasteiger partial charge in [-0.1, -0.05) is 6.07 Å². The molecule has 0 bridgehead atoms. The molecule has 1 saturated heterocycles. The van der Waals surface area contributed by atoms with Gasteiger partial charge >= 0.3 is 0 Å². The van der Waals surface area contributed by atoms with Crippen molar-refractivity contribution in [2.75, 3.05) is 25.4 Å². The Morgan fingerprint density at radius 3 is 2.95 bits per heavy atom. The first kappa shape index (κ1) is 16.9. The van der Waals surface area contributed by atoms with Gasteiger partial charge in [-0.05, 0) is 49.7 Å². The molecular formula is C12H21ClN2O2S2. The monoisotopic (exact) mass is 324 g/mol. The Morgan fingerprint density at radius 2 is 2.32 bits per heavy atom. The van der Waals surface area contributed by atoms with E-state index in [1.165, 1.54) is 0 Å². The zero-order valence-electron chi connectivity index (χ0n) is 10.8. The van der Waals surface area contributed by atoms with Crippen LogP contribution >= 0.6 is 23.7 Å². The van der Waals surface area contributed by atoms with Crippen LogP contribution in [-0.2, 0) is 16.4 Å². The number of hydrogen-bond donors (Lipinski definition) is 2. The summed E-state index contributed by atoms with van der Waals surface area (Å²) in [5, 5.41) is 5.27. The van der Waals surface area contributed by atoms with Crippen molar-refractivity contribution < 1.29 is 8.42 Å². The fourth-order valence-electron chi connectivity index (χ4n) is 2.10. The lowest BCUT2D eigenvalue weighted by molar-refractivity contribution is 0.376. The maximum absolute atomic E-state index is 11.8. The molecule has 0 aliphatic carbocycles. The van der Waals surface area contributed by atoms with Crippen LogP contribution < -0.4 is 10.0 Å². The minimum Gasteiger partial charge on any atom is -0.316 e. The van der Waals surface area contributed by atoms with E-state index in [0.717, 1.165) is 30.8 Å². The van der Waals surface area contributed by atoms with Crippen LogP contribution in [-0.4, -0.2) is 33.8 Å². The predicted molar refractivity (Wildman–Crippen MR) is 82.7 cm³/mol. The molecular weight excluding hydrogens is 304 g/mol. The maximum Gasteiger partial charge on any atom is 0.211 e. The average molecular weight is 325 g/mol. The quantitative estimate of drug-likeness (QED) is 0.836. The number of halogens is 1. The third-order valence-electron chi connectivity index (χ3n) is 3.19. The van der Waals surface area contributed by atoms with Gasteiger partial charge in [0, 0.05) is 11.4 Å². The number of thiophene rings is 1. The lowest BCUT2D eigenvalue weighted by Crippen LogP contribution is -2.38. The van der Waals surface area contributed by atoms with Crippen molar-refractivity contribution in [2.24, 2.45) is 5.92 Å². The molecule has 19 heavy (non-hydrogen) atoms. The molecule has 7 heteroatoms. The van der Waals surface area contributed by atoms with Gasteiger partial charge in [-0.3, -0.25) is 0 Å². The molecule has 1 fully saturated rings. The van der Waals surface area contributed by atoms with Gasteiger partial charge in [0.1, 0.15) is 0 Å². The summed E-state index contributed by atoms with van der Waals surface area (Å²) in [6, 6.07) is 3.93. The molecule has 1 aliphatic heterocycles. The molecule has 110 valence electrons. The molecule has 0 saturated carbocycles. The third-order valence-corrected chi connectivity index (χ3v) is 5.47. The minimum atomic E-state index is -3.13. The van der Waals surface area contributed by atoms with Crippen LogP contribution in [0.2, 0.25) is 0 Å². The number of rotatable bonds is 6. The van der Waals surface area contributed by atoms with E-state index < -0.39 is 10.0 Å². The molecule has 0 spiro atoms. The van der Waals surface area contributed by atoms with Gasteiger partial charge in [0.05, 0.1) is 5.75 Å². The van der Waals surface area contributed by atoms with Gasteiger partial charge in [0.25, 0.3) is 0 Å². The van der Waals surface area contributed by atoms with Gasteiger partial charge in [-0.15, -0.1) is 23.7 Å². The maximum atomic E-state index is 11.8. The van der Waals surface area contributed by atoms with Gasteiger partial charge in [-0.2, -0.15) is 0 Å². The molecule has 1 aromatic rings. The summed E-state index contributed by atoms with van der Waals surface area (Å²) >= 11 is 1.61. The van der Waals surface area contributed by atoms with E-state index in [-0.39, 0.29) is 18.2 Å². The number of nitrogens with one attached hydrogen (secondary N) is 2. The van der Waals surface area contributed by atoms with Crippen molar-refractivity contribution in [2.45, 2.75) is 19.3 Å². The summed E-state index contributed by atoms with van der Waals surface area (Å²) in [4.78, 5) is 1.12. The van der Waals surface area contributed by atoms with Crippen LogP contribution in [0, 0.1) is 5.92 Å². The molecule has 4 nitrogen and oxygen atoms in total. The summed E-state index contributed by atoms with van der Waals surface area (Å²) in [6.07, 6.45) is 2.86. The van der Waals surface area contributed by atoms with E-state index in [2.05, 4.69) is 10.0 Å². The summed E-state index contributed by atoms with van der Waals surface area (Å²) in [7, 11) is -3.13. The largest absolute Gasteiger partial charge is 0.316 e. The van der Waals surface area contributed by atoms with Crippen molar-refractivity contribution in [1.82, 2.24) is 10.0 Å². The zero-order valence-corrected chi connectivity index (χ0v) is 13.2. The average Bonchev–Trinajstić information content (AvgIpc) is 2.89. The molecule has 0 amide bonds. The Balaban J connectivity index is 0.00000180. The number of sulfonamides is 1. The molecule has 2 heterocycles. The Bertz CT molecular complexity index is 442. The standard InChI is InChI=1S/C12H20N2O2S2.ClH/c15-18(16,8-5-12-4-2-7-17-12)14-10-11-3-1-6-13-9-11;/h2,4,7,11,13-14H,1,3,5-6,8-10H2;1H. The molecule has 1 aliphatic rings. The van der Waals surface area contributed by atoms with Crippen LogP contribution in [0.3, 0.4) is 0 Å². The van der Waals surface area contributed by atoms with E-state index in [4.69, 9.17) is 0 Å². The highest BCUT2D eigenvalue weighted by atomic mass is 35.5. The highest BCUT2D eigenvalue weighted by Gasteiger charge is 2.16. The Labute approximate surface area is 125 Å². The first-order valence-electron chi connectivity index (χ1n) is 6.36. The summed E-state index contributed by atoms with van der Waals surface area (Å²) in [5.74, 6) is 0.628. The SMILES string of the molecule is Cl.O=S(=O)(CCc1cccs1)NCC1CCCNC1. The van der Waals surface area contributed by atoms with Gasteiger partial charge in [-0.25, -0.2) is 13.1 Å². The molecule has 0 aromatic carbocycles. The summed E-state index contributed by atoms with van der Waals surface area (Å²) in [6.45, 7) is 2.55. The van der Waals surface area contributed by atoms with E-state index in [1.807, 2.05) is 17.5 Å². The van der Waals surface area contributed by atoms with E-state index in [1.54, 1.807) is 11.3 Å².